The number of carbonyl (C=O) groups excluding carboxylic acids is 2. The van der Waals surface area contributed by atoms with Crippen LogP contribution in [0.25, 0.3) is 0 Å². The van der Waals surface area contributed by atoms with Crippen LogP contribution in [0, 0.1) is 0 Å². The Morgan fingerprint density at radius 1 is 0.963 bits per heavy atom. The molecular weight excluding hydrogens is 406 g/mol. The molecule has 2 aromatic rings. The number of anilines is 2. The Morgan fingerprint density at radius 3 is 2.44 bits per heavy atom. The number of amides is 2. The highest BCUT2D eigenvalue weighted by molar-refractivity contribution is 9.10. The third-order valence-electron chi connectivity index (χ3n) is 4.62. The Hall–Kier alpha value is -2.34. The summed E-state index contributed by atoms with van der Waals surface area (Å²) in [6.07, 6.45) is 4.86. The monoisotopic (exact) mass is 429 g/mol. The highest BCUT2D eigenvalue weighted by atomic mass is 79.9. The second kappa shape index (κ2) is 9.55. The molecule has 1 aliphatic rings. The first kappa shape index (κ1) is 19.4. The van der Waals surface area contributed by atoms with Crippen molar-refractivity contribution in [1.29, 1.82) is 0 Å². The molecule has 5 nitrogen and oxygen atoms in total. The van der Waals surface area contributed by atoms with Crippen LogP contribution in [0.4, 0.5) is 11.4 Å². The predicted molar refractivity (Wildman–Crippen MR) is 112 cm³/mol. The average molecular weight is 430 g/mol. The Balaban J connectivity index is 1.60. The summed E-state index contributed by atoms with van der Waals surface area (Å²) in [6, 6.07) is 14.9. The molecule has 1 aliphatic heterocycles. The number of para-hydroxylation sites is 2. The van der Waals surface area contributed by atoms with Crippen molar-refractivity contribution in [3.8, 4) is 0 Å². The fourth-order valence-corrected chi connectivity index (χ4v) is 3.65. The van der Waals surface area contributed by atoms with E-state index in [-0.39, 0.29) is 18.4 Å². The van der Waals surface area contributed by atoms with E-state index in [9.17, 15) is 9.59 Å². The maximum atomic E-state index is 12.4. The minimum absolute atomic E-state index is 0.0698. The van der Waals surface area contributed by atoms with Gasteiger partial charge in [0.25, 0.3) is 5.91 Å². The number of halogens is 1. The molecule has 0 saturated carbocycles. The van der Waals surface area contributed by atoms with Crippen LogP contribution in [0.1, 0.15) is 36.0 Å². The molecule has 2 amide bonds. The SMILES string of the molecule is O=C(CNC(=O)c1cccc(Br)c1)Nc1ccccc1N1CCCCCC1. The van der Waals surface area contributed by atoms with Crippen molar-refractivity contribution >= 4 is 39.1 Å². The van der Waals surface area contributed by atoms with E-state index in [0.717, 1.165) is 28.9 Å². The van der Waals surface area contributed by atoms with Crippen molar-refractivity contribution in [2.24, 2.45) is 0 Å². The molecular formula is C21H24BrN3O2. The van der Waals surface area contributed by atoms with Crippen LogP contribution in [0.5, 0.6) is 0 Å². The van der Waals surface area contributed by atoms with E-state index in [4.69, 9.17) is 0 Å². The Labute approximate surface area is 168 Å². The lowest BCUT2D eigenvalue weighted by atomic mass is 10.2. The van der Waals surface area contributed by atoms with Gasteiger partial charge in [-0.1, -0.05) is 47.0 Å². The van der Waals surface area contributed by atoms with Gasteiger partial charge in [0.05, 0.1) is 17.9 Å². The van der Waals surface area contributed by atoms with Gasteiger partial charge in [0, 0.05) is 23.1 Å². The van der Waals surface area contributed by atoms with E-state index in [1.54, 1.807) is 18.2 Å². The molecule has 0 spiro atoms. The second-order valence-corrected chi connectivity index (χ2v) is 7.58. The van der Waals surface area contributed by atoms with Gasteiger partial charge >= 0.3 is 0 Å². The zero-order valence-electron chi connectivity index (χ0n) is 15.2. The van der Waals surface area contributed by atoms with E-state index >= 15 is 0 Å². The van der Waals surface area contributed by atoms with Crippen molar-refractivity contribution in [2.45, 2.75) is 25.7 Å². The van der Waals surface area contributed by atoms with Gasteiger partial charge in [0.2, 0.25) is 5.91 Å². The van der Waals surface area contributed by atoms with E-state index in [1.807, 2.05) is 30.3 Å². The number of nitrogens with one attached hydrogen (secondary N) is 2. The first-order chi connectivity index (χ1) is 13.1. The molecule has 0 bridgehead atoms. The lowest BCUT2D eigenvalue weighted by molar-refractivity contribution is -0.115. The van der Waals surface area contributed by atoms with Crippen LogP contribution >= 0.6 is 15.9 Å². The molecule has 2 N–H and O–H groups in total. The molecule has 3 rings (SSSR count). The molecule has 2 aromatic carbocycles. The van der Waals surface area contributed by atoms with Crippen molar-refractivity contribution in [1.82, 2.24) is 5.32 Å². The van der Waals surface area contributed by atoms with Gasteiger partial charge in [0.15, 0.2) is 0 Å². The highest BCUT2D eigenvalue weighted by Gasteiger charge is 2.15. The first-order valence-corrected chi connectivity index (χ1v) is 10.1. The Kier molecular flexibility index (Phi) is 6.87. The summed E-state index contributed by atoms with van der Waals surface area (Å²) in [5, 5.41) is 5.61. The topological polar surface area (TPSA) is 61.4 Å². The van der Waals surface area contributed by atoms with Crippen molar-refractivity contribution in [3.05, 3.63) is 58.6 Å². The molecule has 1 fully saturated rings. The summed E-state index contributed by atoms with van der Waals surface area (Å²) in [5.74, 6) is -0.507. The average Bonchev–Trinajstić information content (AvgIpc) is 2.96. The van der Waals surface area contributed by atoms with Crippen LogP contribution in [0.15, 0.2) is 53.0 Å². The van der Waals surface area contributed by atoms with E-state index in [0.29, 0.717) is 5.56 Å². The fraction of sp³-hybridized carbons (Fsp3) is 0.333. The van der Waals surface area contributed by atoms with Gasteiger partial charge in [-0.25, -0.2) is 0 Å². The number of nitrogens with zero attached hydrogens (tertiary/aromatic N) is 1. The summed E-state index contributed by atoms with van der Waals surface area (Å²) in [5.41, 5.74) is 2.36. The van der Waals surface area contributed by atoms with Crippen LogP contribution in [0.3, 0.4) is 0 Å². The maximum absolute atomic E-state index is 12.4. The van der Waals surface area contributed by atoms with E-state index in [1.165, 1.54) is 25.7 Å². The van der Waals surface area contributed by atoms with Crippen LogP contribution in [-0.4, -0.2) is 31.4 Å². The predicted octanol–water partition coefficient (Wildman–Crippen LogP) is 4.20. The van der Waals surface area contributed by atoms with Crippen molar-refractivity contribution < 1.29 is 9.59 Å². The van der Waals surface area contributed by atoms with Crippen LogP contribution in [0.2, 0.25) is 0 Å². The van der Waals surface area contributed by atoms with Gasteiger partial charge < -0.3 is 15.5 Å². The summed E-state index contributed by atoms with van der Waals surface area (Å²) in [6.45, 7) is 1.94. The third-order valence-corrected chi connectivity index (χ3v) is 5.11. The van der Waals surface area contributed by atoms with Gasteiger partial charge in [0.1, 0.15) is 0 Å². The minimum Gasteiger partial charge on any atom is -0.370 e. The number of hydrogen-bond acceptors (Lipinski definition) is 3. The van der Waals surface area contributed by atoms with E-state index in [2.05, 4.69) is 31.5 Å². The number of carbonyl (C=O) groups is 2. The summed E-state index contributed by atoms with van der Waals surface area (Å²) >= 11 is 3.34. The molecule has 0 radical (unpaired) electrons. The number of rotatable bonds is 5. The van der Waals surface area contributed by atoms with Crippen molar-refractivity contribution in [2.75, 3.05) is 29.9 Å². The molecule has 142 valence electrons. The Morgan fingerprint density at radius 2 is 1.70 bits per heavy atom. The largest absolute Gasteiger partial charge is 0.370 e. The minimum atomic E-state index is -0.271. The molecule has 0 aliphatic carbocycles. The highest BCUT2D eigenvalue weighted by Crippen LogP contribution is 2.27. The lowest BCUT2D eigenvalue weighted by Gasteiger charge is -2.25. The van der Waals surface area contributed by atoms with Gasteiger partial charge in [-0.2, -0.15) is 0 Å². The van der Waals surface area contributed by atoms with Gasteiger partial charge in [-0.3, -0.25) is 9.59 Å². The van der Waals surface area contributed by atoms with Crippen LogP contribution < -0.4 is 15.5 Å². The fourth-order valence-electron chi connectivity index (χ4n) is 3.25. The number of benzene rings is 2. The lowest BCUT2D eigenvalue weighted by Crippen LogP contribution is -2.33. The third kappa shape index (κ3) is 5.57. The van der Waals surface area contributed by atoms with Crippen LogP contribution in [-0.2, 0) is 4.79 Å². The quantitative estimate of drug-likeness (QED) is 0.748. The standard InChI is InChI=1S/C21H24BrN3O2/c22-17-9-7-8-16(14-17)21(27)23-15-20(26)24-18-10-3-4-11-19(18)25-12-5-1-2-6-13-25/h3-4,7-11,14H,1-2,5-6,12-13,15H2,(H,23,27)(H,24,26). The summed E-state index contributed by atoms with van der Waals surface area (Å²) in [4.78, 5) is 26.9. The first-order valence-electron chi connectivity index (χ1n) is 9.31. The van der Waals surface area contributed by atoms with Crippen molar-refractivity contribution in [3.63, 3.8) is 0 Å². The number of hydrogen-bond donors (Lipinski definition) is 2. The van der Waals surface area contributed by atoms with Gasteiger partial charge in [-0.15, -0.1) is 0 Å². The molecule has 0 aromatic heterocycles. The smallest absolute Gasteiger partial charge is 0.251 e. The summed E-state index contributed by atoms with van der Waals surface area (Å²) < 4.78 is 0.825. The second-order valence-electron chi connectivity index (χ2n) is 6.66. The molecule has 0 atom stereocenters. The maximum Gasteiger partial charge on any atom is 0.251 e. The molecule has 6 heteroatoms. The molecule has 27 heavy (non-hydrogen) atoms. The molecule has 1 heterocycles. The Bertz CT molecular complexity index is 802. The molecule has 0 unspecified atom stereocenters. The van der Waals surface area contributed by atoms with E-state index < -0.39 is 0 Å². The zero-order chi connectivity index (χ0) is 19.1. The van der Waals surface area contributed by atoms with Gasteiger partial charge in [-0.05, 0) is 43.2 Å². The summed E-state index contributed by atoms with van der Waals surface area (Å²) in [7, 11) is 0. The normalized spacial score (nSPS) is 14.3. The zero-order valence-corrected chi connectivity index (χ0v) is 16.8. The molecule has 1 saturated heterocycles.